The van der Waals surface area contributed by atoms with Crippen molar-refractivity contribution in [3.05, 3.63) is 29.8 Å². The van der Waals surface area contributed by atoms with Gasteiger partial charge in [-0.3, -0.25) is 0 Å². The lowest BCUT2D eigenvalue weighted by atomic mass is 9.93. The lowest BCUT2D eigenvalue weighted by molar-refractivity contribution is 0.186. The Balaban J connectivity index is 2.60. The molecule has 0 spiro atoms. The highest BCUT2D eigenvalue weighted by Crippen LogP contribution is 2.26. The number of hydrogen-bond acceptors (Lipinski definition) is 2. The standard InChI is InChI=1S/C14H22O2/c1-11(15)12-7-5-6-8-13(12)16-10-9-14(2,3)4/h5-8,11,15H,9-10H2,1-4H3/t11-/m1/s1. The van der Waals surface area contributed by atoms with E-state index in [0.29, 0.717) is 6.61 Å². The van der Waals surface area contributed by atoms with E-state index in [4.69, 9.17) is 4.74 Å². The van der Waals surface area contributed by atoms with Crippen LogP contribution in [0, 0.1) is 5.41 Å². The molecule has 1 rings (SSSR count). The van der Waals surface area contributed by atoms with Gasteiger partial charge in [-0.15, -0.1) is 0 Å². The second-order valence-electron chi connectivity index (χ2n) is 5.37. The predicted octanol–water partition coefficient (Wildman–Crippen LogP) is 3.55. The Kier molecular flexibility index (Phi) is 4.36. The topological polar surface area (TPSA) is 29.5 Å². The van der Waals surface area contributed by atoms with Crippen LogP contribution in [0.5, 0.6) is 5.75 Å². The highest BCUT2D eigenvalue weighted by molar-refractivity contribution is 5.34. The van der Waals surface area contributed by atoms with Crippen LogP contribution in [-0.4, -0.2) is 11.7 Å². The van der Waals surface area contributed by atoms with E-state index in [0.717, 1.165) is 17.7 Å². The first-order valence-electron chi connectivity index (χ1n) is 5.80. The molecule has 2 nitrogen and oxygen atoms in total. The summed E-state index contributed by atoms with van der Waals surface area (Å²) < 4.78 is 5.71. The van der Waals surface area contributed by atoms with Gasteiger partial charge in [0.15, 0.2) is 0 Å². The molecule has 1 N–H and O–H groups in total. The van der Waals surface area contributed by atoms with Gasteiger partial charge in [-0.2, -0.15) is 0 Å². The Labute approximate surface area is 98.3 Å². The van der Waals surface area contributed by atoms with E-state index in [-0.39, 0.29) is 5.41 Å². The molecule has 0 saturated carbocycles. The number of rotatable bonds is 4. The normalized spacial score (nSPS) is 13.6. The SMILES string of the molecule is C[C@@H](O)c1ccccc1OCCC(C)(C)C. The lowest BCUT2D eigenvalue weighted by Crippen LogP contribution is -2.12. The van der Waals surface area contributed by atoms with Crippen molar-refractivity contribution in [2.75, 3.05) is 6.61 Å². The molecule has 90 valence electrons. The summed E-state index contributed by atoms with van der Waals surface area (Å²) in [7, 11) is 0. The molecule has 16 heavy (non-hydrogen) atoms. The van der Waals surface area contributed by atoms with Crippen molar-refractivity contribution in [3.63, 3.8) is 0 Å². The van der Waals surface area contributed by atoms with Gasteiger partial charge in [-0.25, -0.2) is 0 Å². The summed E-state index contributed by atoms with van der Waals surface area (Å²) >= 11 is 0. The fourth-order valence-corrected chi connectivity index (χ4v) is 1.42. The lowest BCUT2D eigenvalue weighted by Gasteiger charge is -2.19. The highest BCUT2D eigenvalue weighted by atomic mass is 16.5. The summed E-state index contributed by atoms with van der Waals surface area (Å²) in [4.78, 5) is 0. The van der Waals surface area contributed by atoms with Gasteiger partial charge in [0.05, 0.1) is 12.7 Å². The van der Waals surface area contributed by atoms with Crippen molar-refractivity contribution in [1.82, 2.24) is 0 Å². The van der Waals surface area contributed by atoms with Crippen molar-refractivity contribution < 1.29 is 9.84 Å². The third-order valence-corrected chi connectivity index (χ3v) is 2.48. The second-order valence-corrected chi connectivity index (χ2v) is 5.37. The second kappa shape index (κ2) is 5.35. The van der Waals surface area contributed by atoms with Crippen LogP contribution in [0.1, 0.15) is 45.8 Å². The Hall–Kier alpha value is -1.02. The fourth-order valence-electron chi connectivity index (χ4n) is 1.42. The molecule has 0 amide bonds. The molecule has 2 heteroatoms. The summed E-state index contributed by atoms with van der Waals surface area (Å²) in [6, 6.07) is 7.65. The minimum atomic E-state index is -0.481. The van der Waals surface area contributed by atoms with Crippen LogP contribution < -0.4 is 4.74 Å². The summed E-state index contributed by atoms with van der Waals surface area (Å²) in [5.74, 6) is 0.793. The Morgan fingerprint density at radius 1 is 1.25 bits per heavy atom. The van der Waals surface area contributed by atoms with Gasteiger partial charge < -0.3 is 9.84 Å². The monoisotopic (exact) mass is 222 g/mol. The Morgan fingerprint density at radius 2 is 1.88 bits per heavy atom. The van der Waals surface area contributed by atoms with Crippen molar-refractivity contribution in [2.45, 2.75) is 40.2 Å². The van der Waals surface area contributed by atoms with E-state index in [1.54, 1.807) is 6.92 Å². The number of hydrogen-bond donors (Lipinski definition) is 1. The summed E-state index contributed by atoms with van der Waals surface area (Å²) in [5.41, 5.74) is 1.14. The van der Waals surface area contributed by atoms with E-state index in [1.165, 1.54) is 0 Å². The van der Waals surface area contributed by atoms with E-state index in [2.05, 4.69) is 20.8 Å². The van der Waals surface area contributed by atoms with Crippen LogP contribution in [0.15, 0.2) is 24.3 Å². The predicted molar refractivity (Wildman–Crippen MR) is 66.6 cm³/mol. The van der Waals surface area contributed by atoms with Crippen molar-refractivity contribution >= 4 is 0 Å². The van der Waals surface area contributed by atoms with Crippen LogP contribution >= 0.6 is 0 Å². The number of aliphatic hydroxyl groups excluding tert-OH is 1. The molecule has 1 aromatic rings. The van der Waals surface area contributed by atoms with Crippen LogP contribution in [0.4, 0.5) is 0 Å². The largest absolute Gasteiger partial charge is 0.493 e. The summed E-state index contributed by atoms with van der Waals surface area (Å²) in [6.07, 6.45) is 0.520. The molecule has 0 saturated heterocycles. The highest BCUT2D eigenvalue weighted by Gasteiger charge is 2.12. The van der Waals surface area contributed by atoms with Gasteiger partial charge in [0, 0.05) is 5.56 Å². The third-order valence-electron chi connectivity index (χ3n) is 2.48. The maximum atomic E-state index is 9.58. The molecule has 0 bridgehead atoms. The first kappa shape index (κ1) is 13.0. The number of ether oxygens (including phenoxy) is 1. The fraction of sp³-hybridized carbons (Fsp3) is 0.571. The number of para-hydroxylation sites is 1. The van der Waals surface area contributed by atoms with Gasteiger partial charge in [0.2, 0.25) is 0 Å². The summed E-state index contributed by atoms with van der Waals surface area (Å²) in [5, 5.41) is 9.58. The van der Waals surface area contributed by atoms with Gasteiger partial charge in [-0.1, -0.05) is 39.0 Å². The van der Waals surface area contributed by atoms with Gasteiger partial charge in [-0.05, 0) is 24.8 Å². The molecule has 1 atom stereocenters. The average molecular weight is 222 g/mol. The van der Waals surface area contributed by atoms with Crippen molar-refractivity contribution in [1.29, 1.82) is 0 Å². The van der Waals surface area contributed by atoms with Gasteiger partial charge in [0.25, 0.3) is 0 Å². The molecular formula is C14H22O2. The zero-order valence-corrected chi connectivity index (χ0v) is 10.7. The number of benzene rings is 1. The minimum Gasteiger partial charge on any atom is -0.493 e. The van der Waals surface area contributed by atoms with Crippen molar-refractivity contribution in [3.8, 4) is 5.75 Å². The molecule has 0 fully saturated rings. The Bertz CT molecular complexity index is 324. The smallest absolute Gasteiger partial charge is 0.125 e. The molecule has 0 aromatic heterocycles. The first-order chi connectivity index (χ1) is 7.40. The average Bonchev–Trinajstić information content (AvgIpc) is 2.16. The quantitative estimate of drug-likeness (QED) is 0.844. The molecule has 1 aromatic carbocycles. The van der Waals surface area contributed by atoms with Gasteiger partial charge in [0.1, 0.15) is 5.75 Å². The minimum absolute atomic E-state index is 0.278. The van der Waals surface area contributed by atoms with Crippen LogP contribution in [0.25, 0.3) is 0 Å². The molecule has 0 aliphatic heterocycles. The third kappa shape index (κ3) is 4.23. The zero-order chi connectivity index (χ0) is 12.2. The summed E-state index contributed by atoms with van der Waals surface area (Å²) in [6.45, 7) is 9.02. The maximum absolute atomic E-state index is 9.58. The van der Waals surface area contributed by atoms with E-state index < -0.39 is 6.10 Å². The van der Waals surface area contributed by atoms with E-state index >= 15 is 0 Å². The van der Waals surface area contributed by atoms with Crippen molar-refractivity contribution in [2.24, 2.45) is 5.41 Å². The maximum Gasteiger partial charge on any atom is 0.125 e. The molecule has 0 radical (unpaired) electrons. The number of aliphatic hydroxyl groups is 1. The zero-order valence-electron chi connectivity index (χ0n) is 10.7. The Morgan fingerprint density at radius 3 is 2.44 bits per heavy atom. The molecule has 0 unspecified atom stereocenters. The molecule has 0 heterocycles. The molecule has 0 aliphatic carbocycles. The van der Waals surface area contributed by atoms with Gasteiger partial charge >= 0.3 is 0 Å². The molecule has 0 aliphatic rings. The van der Waals surface area contributed by atoms with E-state index in [9.17, 15) is 5.11 Å². The molecular weight excluding hydrogens is 200 g/mol. The van der Waals surface area contributed by atoms with Crippen LogP contribution in [0.2, 0.25) is 0 Å². The van der Waals surface area contributed by atoms with E-state index in [1.807, 2.05) is 24.3 Å². The first-order valence-corrected chi connectivity index (χ1v) is 5.80. The van der Waals surface area contributed by atoms with Crippen LogP contribution in [0.3, 0.4) is 0 Å². The van der Waals surface area contributed by atoms with Crippen LogP contribution in [-0.2, 0) is 0 Å².